The Hall–Kier alpha value is -1.13. The van der Waals surface area contributed by atoms with E-state index in [0.717, 1.165) is 38.4 Å². The van der Waals surface area contributed by atoms with Crippen LogP contribution in [0.3, 0.4) is 0 Å². The first kappa shape index (κ1) is 15.3. The van der Waals surface area contributed by atoms with E-state index in [9.17, 15) is 0 Å². The highest BCUT2D eigenvalue weighted by atomic mass is 15.3. The Labute approximate surface area is 123 Å². The smallest absolute Gasteiger partial charge is 0.0562 e. The molecule has 0 aromatic carbocycles. The lowest BCUT2D eigenvalue weighted by atomic mass is 10.1. The van der Waals surface area contributed by atoms with Crippen LogP contribution in [0.4, 0.5) is 5.69 Å². The number of nitrogens with zero attached hydrogens (tertiary/aromatic N) is 3. The van der Waals surface area contributed by atoms with Gasteiger partial charge in [-0.3, -0.25) is 9.88 Å². The molecule has 4 heteroatoms. The third kappa shape index (κ3) is 3.93. The van der Waals surface area contributed by atoms with Crippen molar-refractivity contribution in [2.45, 2.75) is 46.3 Å². The maximum atomic E-state index is 4.46. The van der Waals surface area contributed by atoms with Gasteiger partial charge < -0.3 is 10.2 Å². The van der Waals surface area contributed by atoms with E-state index in [4.69, 9.17) is 0 Å². The second kappa shape index (κ2) is 7.04. The molecule has 1 aromatic rings. The second-order valence-electron chi connectivity index (χ2n) is 5.96. The number of pyridine rings is 1. The highest BCUT2D eigenvalue weighted by Gasteiger charge is 2.22. The molecule has 1 atom stereocenters. The van der Waals surface area contributed by atoms with Crippen LogP contribution in [-0.2, 0) is 6.54 Å². The van der Waals surface area contributed by atoms with Gasteiger partial charge in [0.2, 0.25) is 0 Å². The zero-order chi connectivity index (χ0) is 14.5. The highest BCUT2D eigenvalue weighted by molar-refractivity contribution is 5.47. The summed E-state index contributed by atoms with van der Waals surface area (Å²) < 4.78 is 0. The molecule has 1 aliphatic heterocycles. The fraction of sp³-hybridized carbons (Fsp3) is 0.688. The lowest BCUT2D eigenvalue weighted by Crippen LogP contribution is -2.51. The number of aromatic nitrogens is 1. The molecule has 1 aliphatic rings. The molecular weight excluding hydrogens is 248 g/mol. The van der Waals surface area contributed by atoms with E-state index >= 15 is 0 Å². The number of anilines is 1. The first-order chi connectivity index (χ1) is 9.60. The molecule has 0 saturated carbocycles. The SMILES string of the molecule is CCN1CCN(c2ccnc(CNC(C)C)c2)CC1C. The summed E-state index contributed by atoms with van der Waals surface area (Å²) in [7, 11) is 0. The Bertz CT molecular complexity index is 419. The Morgan fingerprint density at radius 1 is 1.40 bits per heavy atom. The van der Waals surface area contributed by atoms with Gasteiger partial charge in [0, 0.05) is 50.1 Å². The Kier molecular flexibility index (Phi) is 5.38. The predicted molar refractivity (Wildman–Crippen MR) is 85.1 cm³/mol. The van der Waals surface area contributed by atoms with Gasteiger partial charge in [-0.2, -0.15) is 0 Å². The highest BCUT2D eigenvalue weighted by Crippen LogP contribution is 2.19. The second-order valence-corrected chi connectivity index (χ2v) is 5.96. The van der Waals surface area contributed by atoms with Crippen molar-refractivity contribution in [1.82, 2.24) is 15.2 Å². The fourth-order valence-electron chi connectivity index (χ4n) is 2.77. The van der Waals surface area contributed by atoms with Crippen LogP contribution in [0.1, 0.15) is 33.4 Å². The summed E-state index contributed by atoms with van der Waals surface area (Å²) in [6.07, 6.45) is 1.93. The molecule has 0 radical (unpaired) electrons. The van der Waals surface area contributed by atoms with Crippen LogP contribution in [-0.4, -0.2) is 48.1 Å². The van der Waals surface area contributed by atoms with E-state index < -0.39 is 0 Å². The van der Waals surface area contributed by atoms with Gasteiger partial charge in [-0.15, -0.1) is 0 Å². The molecule has 20 heavy (non-hydrogen) atoms. The zero-order valence-corrected chi connectivity index (χ0v) is 13.3. The maximum absolute atomic E-state index is 4.46. The zero-order valence-electron chi connectivity index (χ0n) is 13.3. The minimum absolute atomic E-state index is 0.494. The van der Waals surface area contributed by atoms with Crippen LogP contribution >= 0.6 is 0 Å². The van der Waals surface area contributed by atoms with E-state index in [-0.39, 0.29) is 0 Å². The maximum Gasteiger partial charge on any atom is 0.0562 e. The van der Waals surface area contributed by atoms with Crippen LogP contribution < -0.4 is 10.2 Å². The summed E-state index contributed by atoms with van der Waals surface area (Å²) in [5, 5.41) is 3.43. The molecule has 0 amide bonds. The third-order valence-corrected chi connectivity index (χ3v) is 4.03. The first-order valence-electron chi connectivity index (χ1n) is 7.77. The number of nitrogens with one attached hydrogen (secondary N) is 1. The molecule has 4 nitrogen and oxygen atoms in total. The van der Waals surface area contributed by atoms with Crippen molar-refractivity contribution in [2.75, 3.05) is 31.1 Å². The van der Waals surface area contributed by atoms with Crippen LogP contribution in [0, 0.1) is 0 Å². The van der Waals surface area contributed by atoms with Gasteiger partial charge in [-0.05, 0) is 25.6 Å². The number of likely N-dealkylation sites (N-methyl/N-ethyl adjacent to an activating group) is 1. The normalized spacial score (nSPS) is 20.6. The molecule has 2 rings (SSSR count). The van der Waals surface area contributed by atoms with Crippen molar-refractivity contribution in [3.63, 3.8) is 0 Å². The Morgan fingerprint density at radius 3 is 2.85 bits per heavy atom. The number of hydrogen-bond acceptors (Lipinski definition) is 4. The Morgan fingerprint density at radius 2 is 2.20 bits per heavy atom. The van der Waals surface area contributed by atoms with E-state index in [0.29, 0.717) is 12.1 Å². The van der Waals surface area contributed by atoms with Crippen molar-refractivity contribution in [3.8, 4) is 0 Å². The summed E-state index contributed by atoms with van der Waals surface area (Å²) in [6, 6.07) is 5.48. The molecular formula is C16H28N4. The average Bonchev–Trinajstić information content (AvgIpc) is 2.45. The molecule has 1 saturated heterocycles. The largest absolute Gasteiger partial charge is 0.369 e. The molecule has 1 aromatic heterocycles. The predicted octanol–water partition coefficient (Wildman–Crippen LogP) is 2.11. The van der Waals surface area contributed by atoms with Crippen molar-refractivity contribution >= 4 is 5.69 Å². The third-order valence-electron chi connectivity index (χ3n) is 4.03. The Balaban J connectivity index is 2.00. The van der Waals surface area contributed by atoms with Gasteiger partial charge in [0.05, 0.1) is 5.69 Å². The summed E-state index contributed by atoms with van der Waals surface area (Å²) in [4.78, 5) is 9.48. The van der Waals surface area contributed by atoms with E-state index in [2.05, 4.69) is 59.9 Å². The number of hydrogen-bond donors (Lipinski definition) is 1. The molecule has 0 aliphatic carbocycles. The van der Waals surface area contributed by atoms with Crippen molar-refractivity contribution in [3.05, 3.63) is 24.0 Å². The van der Waals surface area contributed by atoms with Crippen LogP contribution in [0.25, 0.3) is 0 Å². The van der Waals surface area contributed by atoms with Crippen molar-refractivity contribution in [2.24, 2.45) is 0 Å². The molecule has 0 bridgehead atoms. The topological polar surface area (TPSA) is 31.4 Å². The number of rotatable bonds is 5. The van der Waals surface area contributed by atoms with Crippen LogP contribution in [0.2, 0.25) is 0 Å². The minimum atomic E-state index is 0.494. The summed E-state index contributed by atoms with van der Waals surface area (Å²) >= 11 is 0. The van der Waals surface area contributed by atoms with Gasteiger partial charge in [-0.25, -0.2) is 0 Å². The number of piperazine rings is 1. The van der Waals surface area contributed by atoms with Gasteiger partial charge in [-0.1, -0.05) is 20.8 Å². The summed E-state index contributed by atoms with van der Waals surface area (Å²) in [5.41, 5.74) is 2.44. The van der Waals surface area contributed by atoms with Crippen LogP contribution in [0.5, 0.6) is 0 Å². The van der Waals surface area contributed by atoms with Gasteiger partial charge in [0.1, 0.15) is 0 Å². The summed E-state index contributed by atoms with van der Waals surface area (Å²) in [6.45, 7) is 14.2. The molecule has 1 N–H and O–H groups in total. The van der Waals surface area contributed by atoms with Gasteiger partial charge in [0.25, 0.3) is 0 Å². The van der Waals surface area contributed by atoms with Crippen molar-refractivity contribution < 1.29 is 0 Å². The van der Waals surface area contributed by atoms with E-state index in [1.807, 2.05) is 6.20 Å². The molecule has 0 spiro atoms. The van der Waals surface area contributed by atoms with Crippen LogP contribution in [0.15, 0.2) is 18.3 Å². The van der Waals surface area contributed by atoms with Crippen molar-refractivity contribution in [1.29, 1.82) is 0 Å². The lowest BCUT2D eigenvalue weighted by molar-refractivity contribution is 0.199. The minimum Gasteiger partial charge on any atom is -0.369 e. The average molecular weight is 276 g/mol. The monoisotopic (exact) mass is 276 g/mol. The fourth-order valence-corrected chi connectivity index (χ4v) is 2.77. The lowest BCUT2D eigenvalue weighted by Gasteiger charge is -2.40. The van der Waals surface area contributed by atoms with E-state index in [1.165, 1.54) is 5.69 Å². The molecule has 1 fully saturated rings. The molecule has 112 valence electrons. The summed E-state index contributed by atoms with van der Waals surface area (Å²) in [5.74, 6) is 0. The first-order valence-corrected chi connectivity index (χ1v) is 7.77. The molecule has 1 unspecified atom stereocenters. The molecule has 2 heterocycles. The quantitative estimate of drug-likeness (QED) is 0.892. The van der Waals surface area contributed by atoms with E-state index in [1.54, 1.807) is 0 Å². The van der Waals surface area contributed by atoms with Gasteiger partial charge >= 0.3 is 0 Å². The van der Waals surface area contributed by atoms with Gasteiger partial charge in [0.15, 0.2) is 0 Å². The standard InChI is InChI=1S/C16H28N4/c1-5-19-8-9-20(12-14(19)4)16-6-7-17-15(10-16)11-18-13(2)3/h6-7,10,13-14,18H,5,8-9,11-12H2,1-4H3.